The number of hydrogen-bond acceptors (Lipinski definition) is 12. The van der Waals surface area contributed by atoms with Gasteiger partial charge >= 0.3 is 12.2 Å². The molecule has 442 valence electrons. The van der Waals surface area contributed by atoms with E-state index in [0.717, 1.165) is 11.1 Å². The van der Waals surface area contributed by atoms with Crippen LogP contribution in [0.2, 0.25) is 0 Å². The van der Waals surface area contributed by atoms with Crippen LogP contribution in [0.1, 0.15) is 138 Å². The van der Waals surface area contributed by atoms with Gasteiger partial charge in [0.15, 0.2) is 0 Å². The van der Waals surface area contributed by atoms with Crippen molar-refractivity contribution in [1.82, 2.24) is 35.8 Å². The summed E-state index contributed by atoms with van der Waals surface area (Å²) in [4.78, 5) is 98.1. The number of nitrogens with one attached hydrogen (secondary N) is 5. The number of likely N-dealkylation sites (N-methyl/N-ethyl adjacent to an activating group) is 2. The number of sulfonamides is 1. The summed E-state index contributed by atoms with van der Waals surface area (Å²) in [6.45, 7) is 25.1. The average Bonchev–Trinajstić information content (AvgIpc) is 3.34. The first-order valence-electron chi connectivity index (χ1n) is 27.2. The second kappa shape index (κ2) is 29.1. The first-order chi connectivity index (χ1) is 36.9. The summed E-state index contributed by atoms with van der Waals surface area (Å²) in [6, 6.07) is 20.1. The van der Waals surface area contributed by atoms with Gasteiger partial charge in [-0.05, 0) is 108 Å². The van der Waals surface area contributed by atoms with Crippen molar-refractivity contribution in [3.8, 4) is 0 Å². The molecule has 3 rings (SSSR count). The summed E-state index contributed by atoms with van der Waals surface area (Å²) in [7, 11) is -1.20. The number of hydrogen-bond donors (Lipinski definition) is 6. The van der Waals surface area contributed by atoms with Gasteiger partial charge in [-0.25, -0.2) is 22.7 Å². The van der Waals surface area contributed by atoms with Gasteiger partial charge in [0.1, 0.15) is 29.3 Å². The van der Waals surface area contributed by atoms with Crippen molar-refractivity contribution in [2.75, 3.05) is 20.6 Å². The van der Waals surface area contributed by atoms with E-state index in [4.69, 9.17) is 15.2 Å². The van der Waals surface area contributed by atoms with Gasteiger partial charge in [-0.15, -0.1) is 0 Å². The molecule has 7 amide bonds. The fourth-order valence-electron chi connectivity index (χ4n) is 8.79. The molecule has 20 heteroatoms. The van der Waals surface area contributed by atoms with E-state index in [1.165, 1.54) is 29.8 Å². The quantitative estimate of drug-likeness (QED) is 0.0364. The summed E-state index contributed by atoms with van der Waals surface area (Å²) in [6.07, 6.45) is 1.73. The molecule has 0 saturated carbocycles. The SMILES string of the molecule is C/C(=C\C(C(C)C)N(C)C(=O)C(NC(=O)C(N(C)C(=O)OC(C)(C)C)C(C)(C)c1ccccc1)C(C)(C)C)C(=O)NS(=O)(=O)Cc1ccc(CNC(=O)C(CCCCNC(=O)OC(C)(C)C)NC(=O)C(N)Cc2ccccc2)cc1. The molecule has 0 fully saturated rings. The van der Waals surface area contributed by atoms with Crippen LogP contribution in [0.25, 0.3) is 0 Å². The minimum atomic E-state index is -4.25. The maximum atomic E-state index is 14.7. The van der Waals surface area contributed by atoms with Crippen LogP contribution in [0, 0.1) is 11.3 Å². The van der Waals surface area contributed by atoms with Crippen molar-refractivity contribution >= 4 is 51.7 Å². The highest BCUT2D eigenvalue weighted by atomic mass is 32.2. The molecule has 19 nitrogen and oxygen atoms in total. The molecule has 5 atom stereocenters. The molecule has 5 unspecified atom stereocenters. The summed E-state index contributed by atoms with van der Waals surface area (Å²) in [5.74, 6) is -3.75. The lowest BCUT2D eigenvalue weighted by Gasteiger charge is -2.42. The first-order valence-corrected chi connectivity index (χ1v) is 28.8. The Morgan fingerprint density at radius 2 is 1.21 bits per heavy atom. The number of alkyl carbamates (subject to hydrolysis) is 1. The Kier molecular flexibility index (Phi) is 24.5. The predicted octanol–water partition coefficient (Wildman–Crippen LogP) is 7.17. The van der Waals surface area contributed by atoms with Crippen LogP contribution in [0.4, 0.5) is 9.59 Å². The maximum absolute atomic E-state index is 14.7. The highest BCUT2D eigenvalue weighted by Crippen LogP contribution is 2.33. The third-order valence-electron chi connectivity index (χ3n) is 13.1. The Morgan fingerprint density at radius 1 is 0.662 bits per heavy atom. The van der Waals surface area contributed by atoms with Crippen molar-refractivity contribution in [2.45, 2.75) is 182 Å². The Bertz CT molecular complexity index is 2710. The lowest BCUT2D eigenvalue weighted by Crippen LogP contribution is -2.63. The number of amides is 7. The molecule has 3 aromatic carbocycles. The van der Waals surface area contributed by atoms with Gasteiger partial charge in [-0.2, -0.15) is 0 Å². The highest BCUT2D eigenvalue weighted by Gasteiger charge is 2.46. The topological polar surface area (TPSA) is 265 Å². The van der Waals surface area contributed by atoms with Gasteiger partial charge in [0.2, 0.25) is 33.7 Å². The van der Waals surface area contributed by atoms with Gasteiger partial charge < -0.3 is 41.4 Å². The van der Waals surface area contributed by atoms with E-state index in [1.807, 2.05) is 88.4 Å². The fraction of sp³-hybridized carbons (Fsp3) is 0.550. The number of ether oxygens (including phenoxy) is 2. The zero-order chi connectivity index (χ0) is 60.6. The van der Waals surface area contributed by atoms with Crippen molar-refractivity contribution in [2.24, 2.45) is 17.1 Å². The molecule has 0 aromatic heterocycles. The number of carbonyl (C=O) groups excluding carboxylic acids is 7. The standard InChI is InChI=1S/C60H90N8O11S/c1-39(2)47(67(15)54(73)48(57(4,5)6)65-53(72)49(68(16)56(75)79-59(10,11)12)60(13,14)44-27-21-18-22-28-44)35-40(3)50(69)66-80(76,77)38-43-32-30-42(31-33-43)37-63-52(71)46(29-23-24-34-62-55(74)78-58(7,8)9)64-51(70)45(61)36-41-25-19-17-20-26-41/h17-22,25-28,30-33,35,39,45-49H,23-24,29,34,36-38,61H2,1-16H3,(H,62,74)(H,63,71)(H,64,70)(H,65,72)(H,66,69)/b40-35+. The van der Waals surface area contributed by atoms with E-state index < -0.39 is 110 Å². The Balaban J connectivity index is 1.73. The average molecular weight is 1130 g/mol. The number of carbonyl (C=O) groups is 7. The minimum absolute atomic E-state index is 0.0307. The van der Waals surface area contributed by atoms with E-state index in [2.05, 4.69) is 26.0 Å². The number of unbranched alkanes of at least 4 members (excludes halogenated alkanes) is 1. The second-order valence-electron chi connectivity index (χ2n) is 24.4. The zero-order valence-electron chi connectivity index (χ0n) is 49.9. The molecule has 0 bridgehead atoms. The van der Waals surface area contributed by atoms with Crippen LogP contribution in [-0.4, -0.2) is 122 Å². The molecule has 0 radical (unpaired) electrons. The van der Waals surface area contributed by atoms with Crippen molar-refractivity contribution in [3.63, 3.8) is 0 Å². The summed E-state index contributed by atoms with van der Waals surface area (Å²) >= 11 is 0. The predicted molar refractivity (Wildman–Crippen MR) is 311 cm³/mol. The molecular formula is C60H90N8O11S. The number of nitrogens with two attached hydrogens (primary N) is 1. The second-order valence-corrected chi connectivity index (χ2v) is 26.2. The third-order valence-corrected chi connectivity index (χ3v) is 14.3. The normalized spacial score (nSPS) is 14.3. The Labute approximate surface area is 475 Å². The Morgan fingerprint density at radius 3 is 1.75 bits per heavy atom. The van der Waals surface area contributed by atoms with Crippen LogP contribution < -0.4 is 31.7 Å². The summed E-state index contributed by atoms with van der Waals surface area (Å²) in [5.41, 5.74) is 5.57. The molecule has 0 aliphatic rings. The monoisotopic (exact) mass is 1130 g/mol. The molecule has 7 N–H and O–H groups in total. The number of benzene rings is 3. The first kappa shape index (κ1) is 67.5. The van der Waals surface area contributed by atoms with Gasteiger partial charge in [-0.3, -0.25) is 28.9 Å². The molecule has 80 heavy (non-hydrogen) atoms. The van der Waals surface area contributed by atoms with E-state index in [0.29, 0.717) is 30.5 Å². The van der Waals surface area contributed by atoms with E-state index in [-0.39, 0.29) is 30.9 Å². The van der Waals surface area contributed by atoms with E-state index in [9.17, 15) is 42.0 Å². The van der Waals surface area contributed by atoms with Crippen LogP contribution in [0.15, 0.2) is 96.6 Å². The number of rotatable bonds is 25. The minimum Gasteiger partial charge on any atom is -0.444 e. The summed E-state index contributed by atoms with van der Waals surface area (Å²) < 4.78 is 40.0. The van der Waals surface area contributed by atoms with Crippen LogP contribution in [0.5, 0.6) is 0 Å². The van der Waals surface area contributed by atoms with Crippen molar-refractivity contribution < 1.29 is 51.5 Å². The smallest absolute Gasteiger partial charge is 0.410 e. The molecule has 0 aliphatic heterocycles. The summed E-state index contributed by atoms with van der Waals surface area (Å²) in [5, 5.41) is 11.3. The zero-order valence-corrected chi connectivity index (χ0v) is 50.8. The third kappa shape index (κ3) is 22.0. The van der Waals surface area contributed by atoms with Crippen LogP contribution in [0.3, 0.4) is 0 Å². The molecule has 0 saturated heterocycles. The van der Waals surface area contributed by atoms with Gasteiger partial charge in [0.25, 0.3) is 5.91 Å². The number of nitrogens with zero attached hydrogens (tertiary/aromatic N) is 2. The van der Waals surface area contributed by atoms with E-state index >= 15 is 0 Å². The van der Waals surface area contributed by atoms with Crippen molar-refractivity contribution in [1.29, 1.82) is 0 Å². The Hall–Kier alpha value is -6.80. The van der Waals surface area contributed by atoms with Gasteiger partial charge in [0, 0.05) is 38.2 Å². The molecule has 0 spiro atoms. The molecule has 3 aromatic rings. The van der Waals surface area contributed by atoms with Crippen LogP contribution in [-0.2, 0) is 67.6 Å². The van der Waals surface area contributed by atoms with E-state index in [1.54, 1.807) is 93.6 Å². The van der Waals surface area contributed by atoms with Gasteiger partial charge in [0.05, 0.1) is 17.8 Å². The lowest BCUT2D eigenvalue weighted by molar-refractivity contribution is -0.141. The largest absolute Gasteiger partial charge is 0.444 e. The fourth-order valence-corrected chi connectivity index (χ4v) is 9.93. The van der Waals surface area contributed by atoms with Gasteiger partial charge in [-0.1, -0.05) is 139 Å². The molecular weight excluding hydrogens is 1040 g/mol. The highest BCUT2D eigenvalue weighted by molar-refractivity contribution is 7.89. The molecule has 0 heterocycles. The maximum Gasteiger partial charge on any atom is 0.410 e. The van der Waals surface area contributed by atoms with Crippen LogP contribution >= 0.6 is 0 Å². The molecule has 0 aliphatic carbocycles. The lowest BCUT2D eigenvalue weighted by atomic mass is 9.76. The van der Waals surface area contributed by atoms with Crippen molar-refractivity contribution in [3.05, 3.63) is 119 Å².